The van der Waals surface area contributed by atoms with Crippen LogP contribution in [0.15, 0.2) is 36.5 Å². The summed E-state index contributed by atoms with van der Waals surface area (Å²) < 4.78 is 46.3. The lowest BCUT2D eigenvalue weighted by Gasteiger charge is -2.43. The van der Waals surface area contributed by atoms with E-state index in [4.69, 9.17) is 14.2 Å². The third-order valence-corrected chi connectivity index (χ3v) is 8.42. The first-order valence-electron chi connectivity index (χ1n) is 15.3. The maximum atomic E-state index is 14.9. The minimum atomic E-state index is -3.41. The molecule has 0 aliphatic carbocycles. The van der Waals surface area contributed by atoms with Crippen molar-refractivity contribution in [3.63, 3.8) is 0 Å². The summed E-state index contributed by atoms with van der Waals surface area (Å²) in [6.07, 6.45) is -1.64. The van der Waals surface area contributed by atoms with Gasteiger partial charge in [0.2, 0.25) is 11.8 Å². The van der Waals surface area contributed by atoms with Gasteiger partial charge in [0.25, 0.3) is 5.91 Å². The molecule has 47 heavy (non-hydrogen) atoms. The number of aromatic nitrogens is 4. The van der Waals surface area contributed by atoms with Crippen molar-refractivity contribution in [2.75, 3.05) is 69.8 Å². The molecule has 2 N–H and O–H groups in total. The molecule has 14 nitrogen and oxygen atoms in total. The lowest BCUT2D eigenvalue weighted by molar-refractivity contribution is -0.165. The number of likely N-dealkylation sites (tertiary alicyclic amines) is 1. The van der Waals surface area contributed by atoms with E-state index in [2.05, 4.69) is 35.1 Å². The summed E-state index contributed by atoms with van der Waals surface area (Å²) in [5.41, 5.74) is 1.37. The molecule has 0 saturated carbocycles. The number of anilines is 3. The Morgan fingerprint density at radius 2 is 1.87 bits per heavy atom. The fraction of sp³-hybridized carbons (Fsp3) is 0.484. The number of amides is 1. The van der Waals surface area contributed by atoms with Gasteiger partial charge in [-0.25, -0.2) is 23.7 Å². The number of nitrogens with one attached hydrogen (secondary N) is 1. The molecule has 2 atom stereocenters. The molecule has 0 aromatic carbocycles. The van der Waals surface area contributed by atoms with Crippen LogP contribution in [0, 0.1) is 11.3 Å². The summed E-state index contributed by atoms with van der Waals surface area (Å²) >= 11 is 0. The van der Waals surface area contributed by atoms with E-state index >= 15 is 0 Å². The zero-order valence-electron chi connectivity index (χ0n) is 26.0. The predicted molar refractivity (Wildman–Crippen MR) is 165 cm³/mol. The average molecular weight is 652 g/mol. The van der Waals surface area contributed by atoms with E-state index in [1.54, 1.807) is 13.2 Å². The van der Waals surface area contributed by atoms with Crippen molar-refractivity contribution in [2.24, 2.45) is 0 Å². The fourth-order valence-corrected chi connectivity index (χ4v) is 5.77. The standard InChI is InChI=1S/C31H35F2N9O5/c1-19(43)29(44)42-10-8-26(31(32,33)18-42)47-25-5-3-21(36-23(25)15-34)22-7-9-35-30(37-22)39-27-6-4-24(28(38-27)45-2)41-13-11-40(12-14-41)20-16-46-17-20/h3-7,9,19-20,26,43H,8,10-14,16-18H2,1-2H3,(H,35,37,38,39). The third-order valence-electron chi connectivity index (χ3n) is 8.42. The van der Waals surface area contributed by atoms with Gasteiger partial charge in [0, 0.05) is 45.3 Å². The Labute approximate surface area is 269 Å². The molecule has 3 aromatic heterocycles. The number of hydrogen-bond acceptors (Lipinski definition) is 13. The molecule has 3 fully saturated rings. The zero-order chi connectivity index (χ0) is 33.1. The van der Waals surface area contributed by atoms with E-state index < -0.39 is 30.6 Å². The summed E-state index contributed by atoms with van der Waals surface area (Å²) in [6.45, 7) is 5.46. The highest BCUT2D eigenvalue weighted by Gasteiger charge is 2.48. The molecule has 3 aromatic rings. The molecule has 0 spiro atoms. The molecule has 2 unspecified atom stereocenters. The van der Waals surface area contributed by atoms with Gasteiger partial charge in [0.1, 0.15) is 23.7 Å². The molecular weight excluding hydrogens is 616 g/mol. The number of aliphatic hydroxyl groups is 1. The maximum Gasteiger partial charge on any atom is 0.301 e. The molecule has 3 aliphatic rings. The second-order valence-corrected chi connectivity index (χ2v) is 11.6. The monoisotopic (exact) mass is 651 g/mol. The van der Waals surface area contributed by atoms with Crippen LogP contribution in [0.25, 0.3) is 11.4 Å². The smallest absolute Gasteiger partial charge is 0.301 e. The van der Waals surface area contributed by atoms with E-state index in [1.807, 2.05) is 18.2 Å². The minimum Gasteiger partial charge on any atom is -0.481 e. The van der Waals surface area contributed by atoms with Gasteiger partial charge in [-0.05, 0) is 37.3 Å². The van der Waals surface area contributed by atoms with Crippen molar-refractivity contribution in [1.82, 2.24) is 29.7 Å². The van der Waals surface area contributed by atoms with Gasteiger partial charge in [-0.3, -0.25) is 9.69 Å². The van der Waals surface area contributed by atoms with E-state index in [9.17, 15) is 23.9 Å². The Kier molecular flexibility index (Phi) is 9.30. The first-order chi connectivity index (χ1) is 22.6. The quantitative estimate of drug-likeness (QED) is 0.346. The van der Waals surface area contributed by atoms with Crippen LogP contribution in [-0.4, -0.2) is 125 Å². The Hall–Kier alpha value is -4.72. The summed E-state index contributed by atoms with van der Waals surface area (Å²) in [5, 5.41) is 22.3. The first kappa shape index (κ1) is 32.2. The topological polar surface area (TPSA) is 162 Å². The van der Waals surface area contributed by atoms with E-state index in [0.717, 1.165) is 50.0 Å². The van der Waals surface area contributed by atoms with Crippen LogP contribution in [-0.2, 0) is 9.53 Å². The highest BCUT2D eigenvalue weighted by molar-refractivity contribution is 5.80. The van der Waals surface area contributed by atoms with E-state index in [-0.39, 0.29) is 30.4 Å². The van der Waals surface area contributed by atoms with Crippen LogP contribution in [0.1, 0.15) is 19.0 Å². The van der Waals surface area contributed by atoms with Crippen LogP contribution >= 0.6 is 0 Å². The highest BCUT2D eigenvalue weighted by Crippen LogP contribution is 2.34. The molecule has 0 radical (unpaired) electrons. The normalized spacial score (nSPS) is 20.6. The Bertz CT molecular complexity index is 1640. The number of piperazine rings is 1. The predicted octanol–water partition coefficient (Wildman–Crippen LogP) is 2.07. The second-order valence-electron chi connectivity index (χ2n) is 11.6. The van der Waals surface area contributed by atoms with Gasteiger partial charge in [0.05, 0.1) is 44.3 Å². The number of nitriles is 1. The van der Waals surface area contributed by atoms with Crippen LogP contribution in [0.2, 0.25) is 0 Å². The van der Waals surface area contributed by atoms with Gasteiger partial charge < -0.3 is 34.4 Å². The molecule has 3 saturated heterocycles. The van der Waals surface area contributed by atoms with Crippen molar-refractivity contribution in [2.45, 2.75) is 37.5 Å². The van der Waals surface area contributed by atoms with Crippen LogP contribution < -0.4 is 19.7 Å². The number of rotatable bonds is 9. The first-order valence-corrected chi connectivity index (χ1v) is 15.3. The summed E-state index contributed by atoms with van der Waals surface area (Å²) in [7, 11) is 1.57. The van der Waals surface area contributed by atoms with Crippen molar-refractivity contribution < 1.29 is 32.9 Å². The van der Waals surface area contributed by atoms with Crippen LogP contribution in [0.4, 0.5) is 26.2 Å². The van der Waals surface area contributed by atoms with Gasteiger partial charge >= 0.3 is 5.92 Å². The molecule has 248 valence electrons. The number of pyridine rings is 2. The van der Waals surface area contributed by atoms with Gasteiger partial charge in [-0.15, -0.1) is 0 Å². The second kappa shape index (κ2) is 13.6. The third kappa shape index (κ3) is 7.02. The number of methoxy groups -OCH3 is 1. The Morgan fingerprint density at radius 3 is 2.53 bits per heavy atom. The molecule has 0 bridgehead atoms. The van der Waals surface area contributed by atoms with E-state index in [1.165, 1.54) is 25.3 Å². The number of alkyl halides is 2. The van der Waals surface area contributed by atoms with Gasteiger partial charge in [-0.1, -0.05) is 0 Å². The molecule has 6 rings (SSSR count). The summed E-state index contributed by atoms with van der Waals surface area (Å²) in [5.74, 6) is -3.14. The SMILES string of the molecule is COc1nc(Nc2nccc(-c3ccc(OC4CCN(C(=O)C(C)O)CC4(F)F)c(C#N)n3)n2)ccc1N1CCN(C2COC2)CC1. The number of nitrogens with zero attached hydrogens (tertiary/aromatic N) is 8. The summed E-state index contributed by atoms with van der Waals surface area (Å²) in [6, 6.07) is 10.7. The molecule has 1 amide bonds. The largest absolute Gasteiger partial charge is 0.481 e. The summed E-state index contributed by atoms with van der Waals surface area (Å²) in [4.78, 5) is 35.3. The highest BCUT2D eigenvalue weighted by atomic mass is 19.3. The van der Waals surface area contributed by atoms with Gasteiger partial charge in [0.15, 0.2) is 17.5 Å². The number of carbonyl (C=O) groups is 1. The maximum absolute atomic E-state index is 14.9. The molecular formula is C31H35F2N9O5. The number of piperidine rings is 1. The molecule has 3 aliphatic heterocycles. The van der Waals surface area contributed by atoms with Crippen LogP contribution in [0.3, 0.4) is 0 Å². The Balaban J connectivity index is 1.12. The lowest BCUT2D eigenvalue weighted by Crippen LogP contribution is -2.56. The number of carbonyl (C=O) groups excluding carboxylic acids is 1. The number of ether oxygens (including phenoxy) is 3. The molecule has 16 heteroatoms. The lowest BCUT2D eigenvalue weighted by atomic mass is 10.0. The van der Waals surface area contributed by atoms with Crippen LogP contribution in [0.5, 0.6) is 11.6 Å². The number of aliphatic hydroxyl groups excluding tert-OH is 1. The number of hydrogen-bond donors (Lipinski definition) is 2. The molecule has 6 heterocycles. The van der Waals surface area contributed by atoms with E-state index in [0.29, 0.717) is 29.1 Å². The van der Waals surface area contributed by atoms with Crippen molar-refractivity contribution >= 4 is 23.4 Å². The van der Waals surface area contributed by atoms with Gasteiger partial charge in [-0.2, -0.15) is 10.2 Å². The average Bonchev–Trinajstić information content (AvgIpc) is 3.05. The minimum absolute atomic E-state index is 0.0227. The fourth-order valence-electron chi connectivity index (χ4n) is 5.77. The number of halogens is 2. The van der Waals surface area contributed by atoms with Crippen molar-refractivity contribution in [3.8, 4) is 29.1 Å². The van der Waals surface area contributed by atoms with Crippen molar-refractivity contribution in [3.05, 3.63) is 42.2 Å². The zero-order valence-corrected chi connectivity index (χ0v) is 26.0. The Morgan fingerprint density at radius 1 is 1.11 bits per heavy atom. The van der Waals surface area contributed by atoms with Crippen molar-refractivity contribution in [1.29, 1.82) is 5.26 Å².